The van der Waals surface area contributed by atoms with Crippen molar-refractivity contribution in [1.29, 1.82) is 0 Å². The summed E-state index contributed by atoms with van der Waals surface area (Å²) in [5, 5.41) is 12.3. The molecular weight excluding hydrogens is 590 g/mol. The maximum Gasteiger partial charge on any atom is 0.416 e. The molecule has 44 heavy (non-hydrogen) atoms. The molecule has 0 saturated carbocycles. The summed E-state index contributed by atoms with van der Waals surface area (Å²) in [7, 11) is 1.53. The third-order valence-corrected chi connectivity index (χ3v) is 7.80. The third-order valence-electron chi connectivity index (χ3n) is 7.80. The van der Waals surface area contributed by atoms with Gasteiger partial charge in [0.2, 0.25) is 0 Å². The van der Waals surface area contributed by atoms with Crippen molar-refractivity contribution < 1.29 is 35.9 Å². The van der Waals surface area contributed by atoms with E-state index in [1.807, 2.05) is 20.8 Å². The summed E-state index contributed by atoms with van der Waals surface area (Å²) >= 11 is 0. The van der Waals surface area contributed by atoms with Crippen LogP contribution in [-0.4, -0.2) is 38.9 Å². The molecule has 2 unspecified atom stereocenters. The first-order chi connectivity index (χ1) is 20.6. The molecule has 0 radical (unpaired) electrons. The summed E-state index contributed by atoms with van der Waals surface area (Å²) < 4.78 is 89.3. The maximum absolute atomic E-state index is 14.3. The summed E-state index contributed by atoms with van der Waals surface area (Å²) in [6.07, 6.45) is -9.18. The van der Waals surface area contributed by atoms with Crippen LogP contribution in [0.2, 0.25) is 0 Å². The van der Waals surface area contributed by atoms with Crippen molar-refractivity contribution in [3.8, 4) is 0 Å². The van der Waals surface area contributed by atoms with E-state index in [9.17, 15) is 31.1 Å². The molecule has 2 aromatic carbocycles. The van der Waals surface area contributed by atoms with Crippen LogP contribution in [0, 0.1) is 5.92 Å². The lowest BCUT2D eigenvalue weighted by atomic mass is 9.93. The summed E-state index contributed by atoms with van der Waals surface area (Å²) in [5.74, 6) is 0.0720. The standard InChI is InChI=1S/C30H36F6N6O2/c1-6-20-15-22-24(42(27-37-39-40(5)38-27)17-19-10-8-11-21(14-19)29(31,32)33)12-9-13-41(25(22)16-23(20)30(34,35)36)28(43)44-26(7-2)18(3)4/h8,10-11,14-16,18,24,26H,6-7,9,12-13,17H2,1-5H3. The minimum Gasteiger partial charge on any atom is -0.446 e. The fourth-order valence-corrected chi connectivity index (χ4v) is 5.58. The van der Waals surface area contributed by atoms with Crippen molar-refractivity contribution in [3.05, 3.63) is 64.2 Å². The Balaban J connectivity index is 1.89. The first kappa shape index (κ1) is 33.1. The smallest absolute Gasteiger partial charge is 0.416 e. The van der Waals surface area contributed by atoms with Crippen LogP contribution in [0.5, 0.6) is 0 Å². The first-order valence-corrected chi connectivity index (χ1v) is 14.5. The Morgan fingerprint density at radius 2 is 1.82 bits per heavy atom. The number of aryl methyl sites for hydroxylation is 2. The van der Waals surface area contributed by atoms with Gasteiger partial charge in [-0.1, -0.05) is 51.0 Å². The van der Waals surface area contributed by atoms with Crippen molar-refractivity contribution in [2.75, 3.05) is 16.3 Å². The fourth-order valence-electron chi connectivity index (χ4n) is 5.58. The summed E-state index contributed by atoms with van der Waals surface area (Å²) in [6, 6.07) is 6.52. The number of hydrogen-bond acceptors (Lipinski definition) is 6. The molecule has 8 nitrogen and oxygen atoms in total. The number of nitrogens with zero attached hydrogens (tertiary/aromatic N) is 6. The lowest BCUT2D eigenvalue weighted by Gasteiger charge is -2.33. The van der Waals surface area contributed by atoms with Crippen molar-refractivity contribution in [2.24, 2.45) is 13.0 Å². The number of rotatable bonds is 8. The number of amides is 1. The van der Waals surface area contributed by atoms with Gasteiger partial charge in [-0.2, -0.15) is 31.1 Å². The summed E-state index contributed by atoms with van der Waals surface area (Å²) in [5.41, 5.74) is -0.970. The van der Waals surface area contributed by atoms with Crippen molar-refractivity contribution in [1.82, 2.24) is 20.2 Å². The Bertz CT molecular complexity index is 1450. The van der Waals surface area contributed by atoms with Crippen LogP contribution in [-0.2, 0) is 37.1 Å². The first-order valence-electron chi connectivity index (χ1n) is 14.5. The Hall–Kier alpha value is -3.84. The second-order valence-corrected chi connectivity index (χ2v) is 11.2. The zero-order chi connectivity index (χ0) is 32.4. The minimum absolute atomic E-state index is 0.0120. The lowest BCUT2D eigenvalue weighted by molar-refractivity contribution is -0.138. The number of alkyl halides is 6. The molecule has 1 aliphatic rings. The second-order valence-electron chi connectivity index (χ2n) is 11.2. The maximum atomic E-state index is 14.3. The van der Waals surface area contributed by atoms with Gasteiger partial charge in [0, 0.05) is 13.1 Å². The van der Waals surface area contributed by atoms with E-state index in [0.717, 1.165) is 18.2 Å². The van der Waals surface area contributed by atoms with Crippen LogP contribution in [0.1, 0.15) is 80.8 Å². The summed E-state index contributed by atoms with van der Waals surface area (Å²) in [6.45, 7) is 7.22. The Morgan fingerprint density at radius 1 is 1.09 bits per heavy atom. The largest absolute Gasteiger partial charge is 0.446 e. The van der Waals surface area contributed by atoms with Gasteiger partial charge in [0.15, 0.2) is 0 Å². The van der Waals surface area contributed by atoms with Gasteiger partial charge >= 0.3 is 18.4 Å². The highest BCUT2D eigenvalue weighted by atomic mass is 19.4. The van der Waals surface area contributed by atoms with Crippen LogP contribution in [0.4, 0.5) is 42.8 Å². The van der Waals surface area contributed by atoms with Gasteiger partial charge in [0.1, 0.15) is 6.10 Å². The molecule has 0 fully saturated rings. The summed E-state index contributed by atoms with van der Waals surface area (Å²) in [4.78, 5) is 17.6. The fraction of sp³-hybridized carbons (Fsp3) is 0.533. The second kappa shape index (κ2) is 13.0. The molecule has 0 bridgehead atoms. The zero-order valence-corrected chi connectivity index (χ0v) is 25.2. The van der Waals surface area contributed by atoms with Crippen molar-refractivity contribution in [3.63, 3.8) is 0 Å². The average Bonchev–Trinajstić information content (AvgIpc) is 3.30. The number of anilines is 2. The van der Waals surface area contributed by atoms with Gasteiger partial charge < -0.3 is 9.64 Å². The molecular formula is C30H36F6N6O2. The number of tetrazole rings is 1. The molecule has 14 heteroatoms. The van der Waals surface area contributed by atoms with Gasteiger partial charge in [-0.3, -0.25) is 4.90 Å². The number of ether oxygens (including phenoxy) is 1. The number of aromatic nitrogens is 4. The van der Waals surface area contributed by atoms with Gasteiger partial charge in [-0.05, 0) is 71.7 Å². The molecule has 0 N–H and O–H groups in total. The quantitative estimate of drug-likeness (QED) is 0.238. The van der Waals surface area contributed by atoms with Crippen molar-refractivity contribution >= 4 is 17.7 Å². The number of benzene rings is 2. The Kier molecular flexibility index (Phi) is 9.79. The number of hydrogen-bond donors (Lipinski definition) is 0. The van der Waals surface area contributed by atoms with Gasteiger partial charge in [-0.15, -0.1) is 5.10 Å². The van der Waals surface area contributed by atoms with Gasteiger partial charge in [0.05, 0.1) is 29.9 Å². The van der Waals surface area contributed by atoms with Crippen LogP contribution in [0.25, 0.3) is 0 Å². The van der Waals surface area contributed by atoms with E-state index in [4.69, 9.17) is 4.74 Å². The normalized spacial score (nSPS) is 16.5. The molecule has 1 aromatic heterocycles. The van der Waals surface area contributed by atoms with Gasteiger partial charge in [-0.25, -0.2) is 4.79 Å². The molecule has 0 saturated heterocycles. The monoisotopic (exact) mass is 626 g/mol. The van der Waals surface area contributed by atoms with Crippen LogP contribution in [0.15, 0.2) is 36.4 Å². The number of carbonyl (C=O) groups is 1. The van der Waals surface area contributed by atoms with E-state index >= 15 is 0 Å². The molecule has 3 aromatic rings. The molecule has 1 aliphatic heterocycles. The van der Waals surface area contributed by atoms with E-state index in [1.165, 1.54) is 34.9 Å². The molecule has 4 rings (SSSR count). The van der Waals surface area contributed by atoms with E-state index in [-0.39, 0.29) is 42.6 Å². The topological polar surface area (TPSA) is 76.4 Å². The van der Waals surface area contributed by atoms with E-state index < -0.39 is 41.7 Å². The lowest BCUT2D eigenvalue weighted by Crippen LogP contribution is -2.37. The van der Waals surface area contributed by atoms with E-state index in [2.05, 4.69) is 15.4 Å². The van der Waals surface area contributed by atoms with E-state index in [1.54, 1.807) is 11.8 Å². The third kappa shape index (κ3) is 7.27. The molecule has 240 valence electrons. The SMILES string of the molecule is CCc1cc2c(cc1C(F)(F)F)N(C(=O)OC(CC)C(C)C)CCCC2N(Cc1cccc(C(F)(F)F)c1)c1nnn(C)n1. The molecule has 2 atom stereocenters. The predicted octanol–water partition coefficient (Wildman–Crippen LogP) is 7.73. The zero-order valence-electron chi connectivity index (χ0n) is 25.2. The Morgan fingerprint density at radius 3 is 2.39 bits per heavy atom. The highest BCUT2D eigenvalue weighted by Gasteiger charge is 2.39. The average molecular weight is 627 g/mol. The van der Waals surface area contributed by atoms with Crippen LogP contribution in [0.3, 0.4) is 0 Å². The Labute approximate surface area is 252 Å². The van der Waals surface area contributed by atoms with Gasteiger partial charge in [0.25, 0.3) is 5.95 Å². The molecule has 2 heterocycles. The highest BCUT2D eigenvalue weighted by molar-refractivity contribution is 5.89. The number of halogens is 6. The molecule has 0 spiro atoms. The van der Waals surface area contributed by atoms with Crippen molar-refractivity contribution in [2.45, 2.75) is 84.4 Å². The number of fused-ring (bicyclic) bond motifs is 1. The highest BCUT2D eigenvalue weighted by Crippen LogP contribution is 2.44. The minimum atomic E-state index is -4.69. The molecule has 1 amide bonds. The van der Waals surface area contributed by atoms with E-state index in [0.29, 0.717) is 30.4 Å². The number of carbonyl (C=O) groups excluding carboxylic acids is 1. The molecule has 0 aliphatic carbocycles. The predicted molar refractivity (Wildman–Crippen MR) is 152 cm³/mol. The van der Waals surface area contributed by atoms with Crippen LogP contribution >= 0.6 is 0 Å². The van der Waals surface area contributed by atoms with Crippen LogP contribution < -0.4 is 9.80 Å².